The van der Waals surface area contributed by atoms with Crippen LogP contribution in [0.5, 0.6) is 0 Å². The quantitative estimate of drug-likeness (QED) is 0.774. The first-order chi connectivity index (χ1) is 7.50. The third-order valence-electron chi connectivity index (χ3n) is 3.80. The summed E-state index contributed by atoms with van der Waals surface area (Å²) in [7, 11) is 0. The highest BCUT2D eigenvalue weighted by Gasteiger charge is 2.55. The molecule has 1 aliphatic carbocycles. The topological polar surface area (TPSA) is 46.5 Å². The first-order valence-electron chi connectivity index (χ1n) is 6.33. The van der Waals surface area contributed by atoms with Crippen LogP contribution in [-0.2, 0) is 9.53 Å². The second-order valence-corrected chi connectivity index (χ2v) is 7.32. The number of aliphatic hydroxyl groups is 1. The summed E-state index contributed by atoms with van der Waals surface area (Å²) in [5.41, 5.74) is -0.435. The Bertz CT molecular complexity index is 301. The van der Waals surface area contributed by atoms with Gasteiger partial charge in [-0.1, -0.05) is 20.8 Å². The van der Waals surface area contributed by atoms with E-state index >= 15 is 0 Å². The van der Waals surface area contributed by atoms with Gasteiger partial charge in [-0.25, -0.2) is 0 Å². The van der Waals surface area contributed by atoms with Crippen LogP contribution in [-0.4, -0.2) is 23.3 Å². The minimum absolute atomic E-state index is 0.119. The average molecular weight is 242 g/mol. The molecular weight excluding hydrogens is 216 g/mol. The van der Waals surface area contributed by atoms with Crippen molar-refractivity contribution in [2.75, 3.05) is 6.61 Å². The molecule has 0 radical (unpaired) electrons. The normalized spacial score (nSPS) is 31.8. The summed E-state index contributed by atoms with van der Waals surface area (Å²) in [6, 6.07) is 0. The van der Waals surface area contributed by atoms with E-state index in [1.807, 2.05) is 27.7 Å². The Balaban J connectivity index is 2.64. The molecule has 0 aromatic carbocycles. The Kier molecular flexibility index (Phi) is 3.64. The summed E-state index contributed by atoms with van der Waals surface area (Å²) in [5, 5.41) is 9.44. The SMILES string of the molecule is CC(C)(C)OC(=O)CC1C(C)(C)C[C@@]1(C)CO. The standard InChI is InChI=1S/C14H26O3/c1-12(2,3)17-11(16)7-10-13(4,5)8-14(10,6)9-15/h10,15H,7-9H2,1-6H3/t10?,14-/m0/s1. The van der Waals surface area contributed by atoms with Crippen LogP contribution < -0.4 is 0 Å². The highest BCUT2D eigenvalue weighted by Crippen LogP contribution is 2.60. The van der Waals surface area contributed by atoms with Gasteiger partial charge in [-0.15, -0.1) is 0 Å². The van der Waals surface area contributed by atoms with Crippen molar-refractivity contribution in [1.29, 1.82) is 0 Å². The molecule has 0 amide bonds. The van der Waals surface area contributed by atoms with Crippen LogP contribution in [0.3, 0.4) is 0 Å². The van der Waals surface area contributed by atoms with E-state index in [1.54, 1.807) is 0 Å². The largest absolute Gasteiger partial charge is 0.460 e. The van der Waals surface area contributed by atoms with Gasteiger partial charge in [0.1, 0.15) is 5.60 Å². The predicted molar refractivity (Wildman–Crippen MR) is 67.5 cm³/mol. The number of esters is 1. The van der Waals surface area contributed by atoms with Crippen molar-refractivity contribution in [3.05, 3.63) is 0 Å². The zero-order valence-corrected chi connectivity index (χ0v) is 12.0. The molecule has 1 saturated carbocycles. The number of aliphatic hydroxyl groups excluding tert-OH is 1. The van der Waals surface area contributed by atoms with E-state index in [4.69, 9.17) is 4.74 Å². The summed E-state index contributed by atoms with van der Waals surface area (Å²) in [6.07, 6.45) is 1.37. The molecule has 3 nitrogen and oxygen atoms in total. The second kappa shape index (κ2) is 4.27. The average Bonchev–Trinajstić information content (AvgIpc) is 2.10. The first kappa shape index (κ1) is 14.5. The highest BCUT2D eigenvalue weighted by atomic mass is 16.6. The number of carbonyl (C=O) groups excluding carboxylic acids is 1. The predicted octanol–water partition coefficient (Wildman–Crippen LogP) is 2.76. The van der Waals surface area contributed by atoms with Crippen molar-refractivity contribution in [1.82, 2.24) is 0 Å². The fourth-order valence-electron chi connectivity index (χ4n) is 3.34. The Labute approximate surface area is 105 Å². The van der Waals surface area contributed by atoms with E-state index in [-0.39, 0.29) is 29.3 Å². The maximum atomic E-state index is 11.8. The molecule has 100 valence electrons. The minimum Gasteiger partial charge on any atom is -0.460 e. The van der Waals surface area contributed by atoms with Gasteiger partial charge in [-0.3, -0.25) is 4.79 Å². The summed E-state index contributed by atoms with van der Waals surface area (Å²) in [6.45, 7) is 12.1. The fraction of sp³-hybridized carbons (Fsp3) is 0.929. The molecule has 1 rings (SSSR count). The molecule has 17 heavy (non-hydrogen) atoms. The van der Waals surface area contributed by atoms with Crippen molar-refractivity contribution in [2.45, 2.75) is 60.0 Å². The molecule has 0 aliphatic heterocycles. The first-order valence-corrected chi connectivity index (χ1v) is 6.33. The van der Waals surface area contributed by atoms with Gasteiger partial charge in [0, 0.05) is 13.0 Å². The van der Waals surface area contributed by atoms with Gasteiger partial charge in [0.15, 0.2) is 0 Å². The maximum Gasteiger partial charge on any atom is 0.306 e. The molecule has 0 heterocycles. The zero-order chi connectivity index (χ0) is 13.5. The van der Waals surface area contributed by atoms with Crippen molar-refractivity contribution in [2.24, 2.45) is 16.7 Å². The van der Waals surface area contributed by atoms with Crippen LogP contribution in [0.2, 0.25) is 0 Å². The van der Waals surface area contributed by atoms with Gasteiger partial charge >= 0.3 is 5.97 Å². The number of carbonyl (C=O) groups is 1. The third-order valence-corrected chi connectivity index (χ3v) is 3.80. The van der Waals surface area contributed by atoms with E-state index in [9.17, 15) is 9.90 Å². The molecule has 1 unspecified atom stereocenters. The van der Waals surface area contributed by atoms with E-state index in [1.165, 1.54) is 0 Å². The molecule has 0 aromatic rings. The Morgan fingerprint density at radius 3 is 2.24 bits per heavy atom. The molecule has 1 fully saturated rings. The number of hydrogen-bond acceptors (Lipinski definition) is 3. The smallest absolute Gasteiger partial charge is 0.306 e. The monoisotopic (exact) mass is 242 g/mol. The number of hydrogen-bond donors (Lipinski definition) is 1. The molecule has 0 saturated heterocycles. The Hall–Kier alpha value is -0.570. The van der Waals surface area contributed by atoms with Gasteiger partial charge in [-0.05, 0) is 43.9 Å². The Morgan fingerprint density at radius 1 is 1.35 bits per heavy atom. The molecular formula is C14H26O3. The van der Waals surface area contributed by atoms with Crippen LogP contribution in [0.25, 0.3) is 0 Å². The molecule has 0 aromatic heterocycles. The molecule has 0 bridgehead atoms. The lowest BCUT2D eigenvalue weighted by Crippen LogP contribution is -2.54. The van der Waals surface area contributed by atoms with Gasteiger partial charge in [0.25, 0.3) is 0 Å². The summed E-state index contributed by atoms with van der Waals surface area (Å²) in [5.74, 6) is 0.0461. The van der Waals surface area contributed by atoms with E-state index in [0.29, 0.717) is 6.42 Å². The van der Waals surface area contributed by atoms with Crippen LogP contribution in [0.15, 0.2) is 0 Å². The van der Waals surface area contributed by atoms with Gasteiger partial charge in [0.2, 0.25) is 0 Å². The van der Waals surface area contributed by atoms with Crippen LogP contribution in [0.1, 0.15) is 54.4 Å². The lowest BCUT2D eigenvalue weighted by Gasteiger charge is -2.58. The molecule has 1 aliphatic rings. The summed E-state index contributed by atoms with van der Waals surface area (Å²) >= 11 is 0. The second-order valence-electron chi connectivity index (χ2n) is 7.32. The van der Waals surface area contributed by atoms with Crippen molar-refractivity contribution in [3.8, 4) is 0 Å². The van der Waals surface area contributed by atoms with Crippen molar-refractivity contribution < 1.29 is 14.6 Å². The van der Waals surface area contributed by atoms with Gasteiger partial charge in [0.05, 0.1) is 0 Å². The van der Waals surface area contributed by atoms with E-state index in [2.05, 4.69) is 13.8 Å². The minimum atomic E-state index is -0.430. The molecule has 0 spiro atoms. The number of rotatable bonds is 3. The van der Waals surface area contributed by atoms with Gasteiger partial charge < -0.3 is 9.84 Å². The summed E-state index contributed by atoms with van der Waals surface area (Å²) < 4.78 is 5.35. The fourth-order valence-corrected chi connectivity index (χ4v) is 3.34. The van der Waals surface area contributed by atoms with Crippen LogP contribution >= 0.6 is 0 Å². The molecule has 2 atom stereocenters. The lowest BCUT2D eigenvalue weighted by molar-refractivity contribution is -0.172. The molecule has 1 N–H and O–H groups in total. The summed E-state index contributed by atoms with van der Waals surface area (Å²) in [4.78, 5) is 11.8. The third kappa shape index (κ3) is 3.21. The zero-order valence-electron chi connectivity index (χ0n) is 12.0. The van der Waals surface area contributed by atoms with Gasteiger partial charge in [-0.2, -0.15) is 0 Å². The maximum absolute atomic E-state index is 11.8. The van der Waals surface area contributed by atoms with E-state index in [0.717, 1.165) is 6.42 Å². The highest BCUT2D eigenvalue weighted by molar-refractivity contribution is 5.70. The van der Waals surface area contributed by atoms with Crippen molar-refractivity contribution in [3.63, 3.8) is 0 Å². The van der Waals surface area contributed by atoms with Crippen LogP contribution in [0, 0.1) is 16.7 Å². The van der Waals surface area contributed by atoms with Crippen molar-refractivity contribution >= 4 is 5.97 Å². The van der Waals surface area contributed by atoms with E-state index < -0.39 is 5.60 Å². The lowest BCUT2D eigenvalue weighted by atomic mass is 9.47. The number of ether oxygens (including phenoxy) is 1. The molecule has 3 heteroatoms. The Morgan fingerprint density at radius 2 is 1.88 bits per heavy atom. The van der Waals surface area contributed by atoms with Crippen LogP contribution in [0.4, 0.5) is 0 Å².